The second kappa shape index (κ2) is 4.60. The molecule has 2 rings (SSSR count). The molecule has 0 saturated heterocycles. The molecular formula is C12H18N2O2. The minimum atomic E-state index is -0.272. The van der Waals surface area contributed by atoms with Crippen molar-refractivity contribution in [2.75, 3.05) is 12.3 Å². The number of aryl methyl sites for hydroxylation is 1. The van der Waals surface area contributed by atoms with Crippen molar-refractivity contribution in [2.24, 2.45) is 13.0 Å². The maximum absolute atomic E-state index is 11.7. The number of hydrogen-bond acceptors (Lipinski definition) is 3. The maximum atomic E-state index is 11.7. The first-order valence-electron chi connectivity index (χ1n) is 5.76. The minimum absolute atomic E-state index is 0.272. The lowest BCUT2D eigenvalue weighted by Crippen LogP contribution is -2.14. The summed E-state index contributed by atoms with van der Waals surface area (Å²) < 4.78 is 6.99. The molecule has 4 heteroatoms. The van der Waals surface area contributed by atoms with E-state index in [-0.39, 0.29) is 5.97 Å². The highest BCUT2D eigenvalue weighted by molar-refractivity contribution is 5.89. The number of nitrogens with two attached hydrogens (primary N) is 1. The van der Waals surface area contributed by atoms with E-state index in [0.29, 0.717) is 23.9 Å². The number of aromatic nitrogens is 1. The van der Waals surface area contributed by atoms with Crippen LogP contribution in [-0.4, -0.2) is 17.1 Å². The second-order valence-electron chi connectivity index (χ2n) is 4.52. The van der Waals surface area contributed by atoms with Crippen molar-refractivity contribution in [3.63, 3.8) is 0 Å². The van der Waals surface area contributed by atoms with Crippen molar-refractivity contribution < 1.29 is 9.53 Å². The van der Waals surface area contributed by atoms with Crippen LogP contribution in [0.5, 0.6) is 0 Å². The van der Waals surface area contributed by atoms with Crippen molar-refractivity contribution >= 4 is 11.7 Å². The summed E-state index contributed by atoms with van der Waals surface area (Å²) in [6.07, 6.45) is 6.61. The Labute approximate surface area is 95.4 Å². The van der Waals surface area contributed by atoms with E-state index >= 15 is 0 Å². The van der Waals surface area contributed by atoms with E-state index < -0.39 is 0 Å². The lowest BCUT2D eigenvalue weighted by molar-refractivity contribution is 0.0431. The Morgan fingerprint density at radius 2 is 2.25 bits per heavy atom. The molecule has 1 aromatic rings. The van der Waals surface area contributed by atoms with Crippen LogP contribution < -0.4 is 5.73 Å². The van der Waals surface area contributed by atoms with Crippen LogP contribution in [-0.2, 0) is 11.8 Å². The van der Waals surface area contributed by atoms with E-state index in [4.69, 9.17) is 10.5 Å². The average molecular weight is 222 g/mol. The number of hydrogen-bond donors (Lipinski definition) is 1. The van der Waals surface area contributed by atoms with Crippen LogP contribution in [0.25, 0.3) is 0 Å². The molecule has 1 saturated carbocycles. The van der Waals surface area contributed by atoms with Gasteiger partial charge in [-0.25, -0.2) is 4.79 Å². The van der Waals surface area contributed by atoms with E-state index in [2.05, 4.69) is 0 Å². The third kappa shape index (κ3) is 2.38. The third-order valence-electron chi connectivity index (χ3n) is 3.16. The summed E-state index contributed by atoms with van der Waals surface area (Å²) in [5.74, 6) is 0.285. The SMILES string of the molecule is Cn1cc(N)cc1C(=O)OCC1CCCC1. The Morgan fingerprint density at radius 1 is 1.56 bits per heavy atom. The zero-order chi connectivity index (χ0) is 11.5. The monoisotopic (exact) mass is 222 g/mol. The lowest BCUT2D eigenvalue weighted by Gasteiger charge is -2.10. The molecule has 1 fully saturated rings. The molecule has 0 spiro atoms. The molecule has 2 N–H and O–H groups in total. The number of nitrogens with zero attached hydrogens (tertiary/aromatic N) is 1. The van der Waals surface area contributed by atoms with E-state index in [9.17, 15) is 4.79 Å². The lowest BCUT2D eigenvalue weighted by atomic mass is 10.1. The van der Waals surface area contributed by atoms with Gasteiger partial charge in [-0.2, -0.15) is 0 Å². The first kappa shape index (κ1) is 11.0. The smallest absolute Gasteiger partial charge is 0.355 e. The molecule has 1 aliphatic rings. The summed E-state index contributed by atoms with van der Waals surface area (Å²) >= 11 is 0. The molecule has 0 aromatic carbocycles. The highest BCUT2D eigenvalue weighted by atomic mass is 16.5. The summed E-state index contributed by atoms with van der Waals surface area (Å²) in [4.78, 5) is 11.7. The molecule has 0 atom stereocenters. The Balaban J connectivity index is 1.90. The van der Waals surface area contributed by atoms with Gasteiger partial charge in [-0.15, -0.1) is 0 Å². The first-order valence-corrected chi connectivity index (χ1v) is 5.76. The van der Waals surface area contributed by atoms with Crippen LogP contribution in [0, 0.1) is 5.92 Å². The van der Waals surface area contributed by atoms with Gasteiger partial charge in [0.2, 0.25) is 0 Å². The van der Waals surface area contributed by atoms with Crippen molar-refractivity contribution in [1.82, 2.24) is 4.57 Å². The van der Waals surface area contributed by atoms with Gasteiger partial charge < -0.3 is 15.0 Å². The van der Waals surface area contributed by atoms with E-state index in [1.54, 1.807) is 23.9 Å². The van der Waals surface area contributed by atoms with Gasteiger partial charge in [0.1, 0.15) is 5.69 Å². The summed E-state index contributed by atoms with van der Waals surface area (Å²) in [5, 5.41) is 0. The summed E-state index contributed by atoms with van der Waals surface area (Å²) in [6.45, 7) is 0.546. The summed E-state index contributed by atoms with van der Waals surface area (Å²) in [5.41, 5.74) is 6.72. The number of anilines is 1. The number of ether oxygens (including phenoxy) is 1. The van der Waals surface area contributed by atoms with E-state index in [0.717, 1.165) is 0 Å². The molecule has 1 aromatic heterocycles. The standard InChI is InChI=1S/C12H18N2O2/c1-14-7-10(13)6-11(14)12(15)16-8-9-4-2-3-5-9/h6-7,9H,2-5,8,13H2,1H3. The number of carbonyl (C=O) groups excluding carboxylic acids is 1. The molecule has 0 amide bonds. The normalized spacial score (nSPS) is 16.6. The number of carbonyl (C=O) groups is 1. The molecule has 0 aliphatic heterocycles. The zero-order valence-electron chi connectivity index (χ0n) is 9.61. The van der Waals surface area contributed by atoms with Gasteiger partial charge in [0.25, 0.3) is 0 Å². The first-order chi connectivity index (χ1) is 7.66. The quantitative estimate of drug-likeness (QED) is 0.795. The predicted octanol–water partition coefficient (Wildman–Crippen LogP) is 1.95. The van der Waals surface area contributed by atoms with Gasteiger partial charge in [0.05, 0.1) is 12.3 Å². The topological polar surface area (TPSA) is 57.2 Å². The summed E-state index contributed by atoms with van der Waals surface area (Å²) in [7, 11) is 1.79. The molecule has 1 heterocycles. The zero-order valence-corrected chi connectivity index (χ0v) is 9.61. The molecule has 0 unspecified atom stereocenters. The van der Waals surface area contributed by atoms with Crippen LogP contribution in [0.15, 0.2) is 12.3 Å². The van der Waals surface area contributed by atoms with Crippen molar-refractivity contribution in [3.8, 4) is 0 Å². The number of esters is 1. The van der Waals surface area contributed by atoms with E-state index in [1.807, 2.05) is 0 Å². The highest BCUT2D eigenvalue weighted by Crippen LogP contribution is 2.25. The van der Waals surface area contributed by atoms with Crippen molar-refractivity contribution in [2.45, 2.75) is 25.7 Å². The highest BCUT2D eigenvalue weighted by Gasteiger charge is 2.18. The number of nitrogen functional groups attached to an aromatic ring is 1. The van der Waals surface area contributed by atoms with Crippen molar-refractivity contribution in [1.29, 1.82) is 0 Å². The molecule has 4 nitrogen and oxygen atoms in total. The Bertz CT molecular complexity index is 378. The molecule has 1 aliphatic carbocycles. The second-order valence-corrected chi connectivity index (χ2v) is 4.52. The Kier molecular flexibility index (Phi) is 3.17. The van der Waals surface area contributed by atoms with Crippen LogP contribution in [0.4, 0.5) is 5.69 Å². The van der Waals surface area contributed by atoms with Gasteiger partial charge in [-0.3, -0.25) is 0 Å². The van der Waals surface area contributed by atoms with Crippen molar-refractivity contribution in [3.05, 3.63) is 18.0 Å². The molecular weight excluding hydrogens is 204 g/mol. The molecule has 0 bridgehead atoms. The van der Waals surface area contributed by atoms with Crippen LogP contribution in [0.2, 0.25) is 0 Å². The average Bonchev–Trinajstić information content (AvgIpc) is 2.84. The van der Waals surface area contributed by atoms with Gasteiger partial charge >= 0.3 is 5.97 Å². The van der Waals surface area contributed by atoms with Crippen LogP contribution in [0.1, 0.15) is 36.2 Å². The molecule has 0 radical (unpaired) electrons. The third-order valence-corrected chi connectivity index (χ3v) is 3.16. The predicted molar refractivity (Wildman–Crippen MR) is 62.1 cm³/mol. The van der Waals surface area contributed by atoms with Crippen LogP contribution in [0.3, 0.4) is 0 Å². The van der Waals surface area contributed by atoms with Gasteiger partial charge in [0, 0.05) is 13.2 Å². The maximum Gasteiger partial charge on any atom is 0.355 e. The Hall–Kier alpha value is -1.45. The van der Waals surface area contributed by atoms with Crippen LogP contribution >= 0.6 is 0 Å². The Morgan fingerprint density at radius 3 is 2.81 bits per heavy atom. The van der Waals surface area contributed by atoms with Gasteiger partial charge in [-0.05, 0) is 24.8 Å². The fraction of sp³-hybridized carbons (Fsp3) is 0.583. The molecule has 88 valence electrons. The van der Waals surface area contributed by atoms with Gasteiger partial charge in [0.15, 0.2) is 0 Å². The largest absolute Gasteiger partial charge is 0.461 e. The van der Waals surface area contributed by atoms with Gasteiger partial charge in [-0.1, -0.05) is 12.8 Å². The molecule has 16 heavy (non-hydrogen) atoms. The number of rotatable bonds is 3. The summed E-state index contributed by atoms with van der Waals surface area (Å²) in [6, 6.07) is 1.65. The fourth-order valence-electron chi connectivity index (χ4n) is 2.24. The fourth-order valence-corrected chi connectivity index (χ4v) is 2.24. The minimum Gasteiger partial charge on any atom is -0.461 e. The van der Waals surface area contributed by atoms with E-state index in [1.165, 1.54) is 25.7 Å².